The van der Waals surface area contributed by atoms with Crippen molar-refractivity contribution in [3.05, 3.63) is 42.5 Å². The minimum atomic E-state index is -3.49. The molecular weight excluding hydrogens is 372 g/mol. The number of anilines is 2. The molecule has 2 heterocycles. The molecule has 0 aliphatic carbocycles. The third kappa shape index (κ3) is 3.50. The van der Waals surface area contributed by atoms with Crippen LogP contribution >= 0.6 is 0 Å². The van der Waals surface area contributed by atoms with Crippen molar-refractivity contribution in [1.82, 2.24) is 0 Å². The van der Waals surface area contributed by atoms with E-state index in [-0.39, 0.29) is 25.7 Å². The van der Waals surface area contributed by atoms with Gasteiger partial charge < -0.3 is 19.5 Å². The third-order valence-electron chi connectivity index (χ3n) is 4.33. The van der Waals surface area contributed by atoms with Crippen LogP contribution in [0.25, 0.3) is 0 Å². The summed E-state index contributed by atoms with van der Waals surface area (Å²) in [5, 5.41) is 2.79. The van der Waals surface area contributed by atoms with Crippen molar-refractivity contribution in [3.8, 4) is 17.2 Å². The van der Waals surface area contributed by atoms with Crippen molar-refractivity contribution < 1.29 is 27.4 Å². The first-order valence-corrected chi connectivity index (χ1v) is 10.2. The van der Waals surface area contributed by atoms with E-state index in [9.17, 15) is 13.2 Å². The highest BCUT2D eigenvalue weighted by molar-refractivity contribution is 7.92. The molecule has 0 bridgehead atoms. The Bertz CT molecular complexity index is 991. The van der Waals surface area contributed by atoms with Gasteiger partial charge >= 0.3 is 0 Å². The Morgan fingerprint density at radius 2 is 1.89 bits per heavy atom. The fourth-order valence-corrected chi connectivity index (χ4v) is 4.00. The number of ether oxygens (including phenoxy) is 3. The fraction of sp³-hybridized carbons (Fsp3) is 0.278. The van der Waals surface area contributed by atoms with Gasteiger partial charge in [-0.15, -0.1) is 0 Å². The quantitative estimate of drug-likeness (QED) is 0.861. The summed E-state index contributed by atoms with van der Waals surface area (Å²) < 4.78 is 41.9. The van der Waals surface area contributed by atoms with E-state index >= 15 is 0 Å². The summed E-state index contributed by atoms with van der Waals surface area (Å²) in [7, 11) is -3.49. The van der Waals surface area contributed by atoms with Gasteiger partial charge in [0, 0.05) is 24.7 Å². The number of hydrogen-bond donors (Lipinski definition) is 1. The van der Waals surface area contributed by atoms with Crippen LogP contribution < -0.4 is 23.8 Å². The Hall–Kier alpha value is -2.94. The van der Waals surface area contributed by atoms with Gasteiger partial charge in [-0.1, -0.05) is 12.1 Å². The average molecular weight is 390 g/mol. The summed E-state index contributed by atoms with van der Waals surface area (Å²) in [5.41, 5.74) is 0.976. The number of nitrogens with zero attached hydrogens (tertiary/aromatic N) is 1. The van der Waals surface area contributed by atoms with Gasteiger partial charge in [0.15, 0.2) is 17.6 Å². The van der Waals surface area contributed by atoms with Gasteiger partial charge in [0.05, 0.1) is 11.9 Å². The van der Waals surface area contributed by atoms with Crippen LogP contribution in [0.3, 0.4) is 0 Å². The number of carbonyl (C=O) groups excluding carboxylic acids is 1. The summed E-state index contributed by atoms with van der Waals surface area (Å²) >= 11 is 0. The number of carbonyl (C=O) groups is 1. The average Bonchev–Trinajstić information content (AvgIpc) is 2.98. The Morgan fingerprint density at radius 3 is 2.70 bits per heavy atom. The van der Waals surface area contributed by atoms with Crippen molar-refractivity contribution in [2.24, 2.45) is 0 Å². The molecule has 8 nitrogen and oxygen atoms in total. The van der Waals surface area contributed by atoms with E-state index in [1.165, 1.54) is 4.31 Å². The van der Waals surface area contributed by atoms with Crippen LogP contribution in [0.15, 0.2) is 42.5 Å². The molecule has 0 saturated heterocycles. The van der Waals surface area contributed by atoms with Crippen LogP contribution in [-0.4, -0.2) is 40.0 Å². The monoisotopic (exact) mass is 390 g/mol. The SMILES string of the molecule is CS(=O)(=O)N1CC[C@@H](C(=O)Nc2ccc3c(c2)OCO3)Oc2ccccc21. The van der Waals surface area contributed by atoms with Crippen molar-refractivity contribution in [1.29, 1.82) is 0 Å². The second kappa shape index (κ2) is 6.66. The van der Waals surface area contributed by atoms with E-state index in [2.05, 4.69) is 5.32 Å². The number of nitrogens with one attached hydrogen (secondary N) is 1. The standard InChI is InChI=1S/C18H18N2O6S/c1-27(22,23)20-9-8-16(26-14-5-3-2-4-13(14)20)18(21)19-12-6-7-15-17(10-12)25-11-24-15/h2-7,10,16H,8-9,11H2,1H3,(H,19,21)/t16-/m0/s1. The highest BCUT2D eigenvalue weighted by atomic mass is 32.2. The second-order valence-corrected chi connectivity index (χ2v) is 8.16. The summed E-state index contributed by atoms with van der Waals surface area (Å²) in [4.78, 5) is 12.7. The van der Waals surface area contributed by atoms with Gasteiger partial charge in [0.2, 0.25) is 16.8 Å². The normalized spacial score (nSPS) is 18.3. The minimum Gasteiger partial charge on any atom is -0.478 e. The van der Waals surface area contributed by atoms with Crippen LogP contribution in [0.5, 0.6) is 17.2 Å². The lowest BCUT2D eigenvalue weighted by Gasteiger charge is -2.20. The van der Waals surface area contributed by atoms with Crippen LogP contribution in [-0.2, 0) is 14.8 Å². The number of fused-ring (bicyclic) bond motifs is 2. The molecule has 1 N–H and O–H groups in total. The lowest BCUT2D eigenvalue weighted by Crippen LogP contribution is -2.35. The lowest BCUT2D eigenvalue weighted by molar-refractivity contribution is -0.122. The molecular formula is C18H18N2O6S. The first-order valence-electron chi connectivity index (χ1n) is 8.36. The summed E-state index contributed by atoms with van der Waals surface area (Å²) in [6, 6.07) is 11.9. The van der Waals surface area contributed by atoms with E-state index in [0.717, 1.165) is 6.26 Å². The zero-order valence-corrected chi connectivity index (χ0v) is 15.4. The fourth-order valence-electron chi connectivity index (χ4n) is 3.06. The molecule has 142 valence electrons. The molecule has 2 aliphatic heterocycles. The van der Waals surface area contributed by atoms with Crippen molar-refractivity contribution in [2.75, 3.05) is 29.2 Å². The molecule has 1 amide bonds. The molecule has 9 heteroatoms. The number of amides is 1. The second-order valence-electron chi connectivity index (χ2n) is 6.26. The molecule has 1 atom stereocenters. The Balaban J connectivity index is 1.55. The van der Waals surface area contributed by atoms with E-state index in [1.54, 1.807) is 42.5 Å². The molecule has 0 spiro atoms. The predicted molar refractivity (Wildman–Crippen MR) is 98.9 cm³/mol. The van der Waals surface area contributed by atoms with Crippen LogP contribution in [0.4, 0.5) is 11.4 Å². The summed E-state index contributed by atoms with van der Waals surface area (Å²) in [6.07, 6.45) is 0.526. The van der Waals surface area contributed by atoms with E-state index in [1.807, 2.05) is 0 Å². The first-order chi connectivity index (χ1) is 12.9. The Labute approximate surface area is 156 Å². The zero-order chi connectivity index (χ0) is 19.0. The highest BCUT2D eigenvalue weighted by Crippen LogP contribution is 2.36. The van der Waals surface area contributed by atoms with E-state index in [0.29, 0.717) is 28.6 Å². The van der Waals surface area contributed by atoms with E-state index < -0.39 is 16.1 Å². The van der Waals surface area contributed by atoms with Gasteiger partial charge in [0.1, 0.15) is 5.75 Å². The molecule has 2 aromatic rings. The van der Waals surface area contributed by atoms with Gasteiger partial charge in [-0.05, 0) is 24.3 Å². The molecule has 2 aliphatic rings. The molecule has 0 saturated carbocycles. The maximum atomic E-state index is 12.7. The minimum absolute atomic E-state index is 0.148. The van der Waals surface area contributed by atoms with Crippen molar-refractivity contribution >= 4 is 27.3 Å². The van der Waals surface area contributed by atoms with Gasteiger partial charge in [0.25, 0.3) is 5.91 Å². The Kier molecular flexibility index (Phi) is 4.31. The van der Waals surface area contributed by atoms with Crippen LogP contribution in [0.2, 0.25) is 0 Å². The molecule has 2 aromatic carbocycles. The summed E-state index contributed by atoms with van der Waals surface area (Å²) in [6.45, 7) is 0.297. The van der Waals surface area contributed by atoms with Crippen molar-refractivity contribution in [2.45, 2.75) is 12.5 Å². The number of hydrogen-bond acceptors (Lipinski definition) is 6. The highest BCUT2D eigenvalue weighted by Gasteiger charge is 2.31. The maximum Gasteiger partial charge on any atom is 0.265 e. The van der Waals surface area contributed by atoms with Crippen LogP contribution in [0, 0.1) is 0 Å². The molecule has 0 unspecified atom stereocenters. The topological polar surface area (TPSA) is 94.2 Å². The number of rotatable bonds is 3. The maximum absolute atomic E-state index is 12.7. The van der Waals surface area contributed by atoms with E-state index in [4.69, 9.17) is 14.2 Å². The summed E-state index contributed by atoms with van der Waals surface area (Å²) in [5.74, 6) is 1.17. The molecule has 4 rings (SSSR count). The number of para-hydroxylation sites is 2. The smallest absolute Gasteiger partial charge is 0.265 e. The number of benzene rings is 2. The molecule has 27 heavy (non-hydrogen) atoms. The zero-order valence-electron chi connectivity index (χ0n) is 14.5. The molecule has 0 aromatic heterocycles. The first kappa shape index (κ1) is 17.5. The van der Waals surface area contributed by atoms with Gasteiger partial charge in [-0.2, -0.15) is 0 Å². The number of sulfonamides is 1. The molecule has 0 radical (unpaired) electrons. The largest absolute Gasteiger partial charge is 0.478 e. The van der Waals surface area contributed by atoms with Crippen molar-refractivity contribution in [3.63, 3.8) is 0 Å². The van der Waals surface area contributed by atoms with Gasteiger partial charge in [-0.3, -0.25) is 9.10 Å². The lowest BCUT2D eigenvalue weighted by atomic mass is 10.2. The predicted octanol–water partition coefficient (Wildman–Crippen LogP) is 1.97. The third-order valence-corrected chi connectivity index (χ3v) is 5.51. The molecule has 0 fully saturated rings. The van der Waals surface area contributed by atoms with Crippen LogP contribution in [0.1, 0.15) is 6.42 Å². The van der Waals surface area contributed by atoms with Gasteiger partial charge in [-0.25, -0.2) is 8.42 Å². The Morgan fingerprint density at radius 1 is 1.11 bits per heavy atom.